The lowest BCUT2D eigenvalue weighted by Crippen LogP contribution is -2.12. The zero-order valence-corrected chi connectivity index (χ0v) is 11.6. The van der Waals surface area contributed by atoms with Gasteiger partial charge in [0.15, 0.2) is 5.82 Å². The van der Waals surface area contributed by atoms with Gasteiger partial charge in [0.2, 0.25) is 5.89 Å². The van der Waals surface area contributed by atoms with Gasteiger partial charge in [-0.3, -0.25) is 4.79 Å². The van der Waals surface area contributed by atoms with E-state index in [1.807, 2.05) is 12.3 Å². The molecule has 0 aromatic carbocycles. The maximum atomic E-state index is 11.2. The SMILES string of the molecule is Cc1csc(Cc2noc(C3CCC(=O)CC3)n2)n1. The molecule has 2 aromatic heterocycles. The molecule has 2 aromatic rings. The van der Waals surface area contributed by atoms with Gasteiger partial charge in [0, 0.05) is 29.8 Å². The summed E-state index contributed by atoms with van der Waals surface area (Å²) in [5, 5.41) is 7.03. The Morgan fingerprint density at radius 1 is 1.37 bits per heavy atom. The molecule has 0 radical (unpaired) electrons. The molecule has 0 bridgehead atoms. The number of carbonyl (C=O) groups is 1. The first-order valence-corrected chi connectivity index (χ1v) is 7.34. The smallest absolute Gasteiger partial charge is 0.229 e. The van der Waals surface area contributed by atoms with Gasteiger partial charge in [0.25, 0.3) is 0 Å². The Kier molecular flexibility index (Phi) is 3.42. The third kappa shape index (κ3) is 2.89. The highest BCUT2D eigenvalue weighted by atomic mass is 32.1. The highest BCUT2D eigenvalue weighted by molar-refractivity contribution is 7.09. The van der Waals surface area contributed by atoms with Gasteiger partial charge in [-0.15, -0.1) is 11.3 Å². The summed E-state index contributed by atoms with van der Waals surface area (Å²) >= 11 is 1.61. The van der Waals surface area contributed by atoms with Crippen LogP contribution in [0.4, 0.5) is 0 Å². The number of aryl methyl sites for hydroxylation is 1. The molecule has 1 saturated carbocycles. The largest absolute Gasteiger partial charge is 0.339 e. The average Bonchev–Trinajstić information content (AvgIpc) is 3.00. The highest BCUT2D eigenvalue weighted by Gasteiger charge is 2.25. The van der Waals surface area contributed by atoms with Crippen molar-refractivity contribution in [2.75, 3.05) is 0 Å². The van der Waals surface area contributed by atoms with Crippen LogP contribution in [0.5, 0.6) is 0 Å². The van der Waals surface area contributed by atoms with Crippen LogP contribution in [0.3, 0.4) is 0 Å². The average molecular weight is 277 g/mol. The summed E-state index contributed by atoms with van der Waals surface area (Å²) in [5.41, 5.74) is 1.02. The van der Waals surface area contributed by atoms with Crippen molar-refractivity contribution in [3.63, 3.8) is 0 Å². The molecular formula is C13H15N3O2S. The molecule has 0 atom stereocenters. The Morgan fingerprint density at radius 3 is 2.84 bits per heavy atom. The molecule has 1 aliphatic rings. The first-order valence-electron chi connectivity index (χ1n) is 6.46. The van der Waals surface area contributed by atoms with Gasteiger partial charge in [0.1, 0.15) is 10.8 Å². The van der Waals surface area contributed by atoms with Crippen LogP contribution < -0.4 is 0 Å². The van der Waals surface area contributed by atoms with E-state index < -0.39 is 0 Å². The molecule has 5 nitrogen and oxygen atoms in total. The van der Waals surface area contributed by atoms with E-state index in [1.165, 1.54) is 0 Å². The van der Waals surface area contributed by atoms with Crippen LogP contribution in [0.2, 0.25) is 0 Å². The third-order valence-electron chi connectivity index (χ3n) is 3.35. The molecule has 0 unspecified atom stereocenters. The van der Waals surface area contributed by atoms with Crippen LogP contribution in [0.1, 0.15) is 54.0 Å². The second-order valence-electron chi connectivity index (χ2n) is 4.92. The van der Waals surface area contributed by atoms with Crippen molar-refractivity contribution in [1.29, 1.82) is 0 Å². The summed E-state index contributed by atoms with van der Waals surface area (Å²) in [5.74, 6) is 1.95. The van der Waals surface area contributed by atoms with Gasteiger partial charge in [-0.2, -0.15) is 4.98 Å². The molecule has 6 heteroatoms. The molecule has 100 valence electrons. The van der Waals surface area contributed by atoms with Crippen LogP contribution in [0, 0.1) is 6.92 Å². The summed E-state index contributed by atoms with van der Waals surface area (Å²) in [4.78, 5) is 20.0. The lowest BCUT2D eigenvalue weighted by Gasteiger charge is -2.16. The number of aromatic nitrogens is 3. The van der Waals surface area contributed by atoms with E-state index >= 15 is 0 Å². The Labute approximate surface area is 115 Å². The Morgan fingerprint density at radius 2 is 2.16 bits per heavy atom. The van der Waals surface area contributed by atoms with E-state index in [2.05, 4.69) is 15.1 Å². The van der Waals surface area contributed by atoms with Gasteiger partial charge in [-0.1, -0.05) is 5.16 Å². The normalized spacial score (nSPS) is 17.0. The van der Waals surface area contributed by atoms with Crippen molar-refractivity contribution in [3.05, 3.63) is 27.8 Å². The van der Waals surface area contributed by atoms with E-state index in [0.717, 1.165) is 23.5 Å². The molecule has 0 saturated heterocycles. The number of ketones is 1. The van der Waals surface area contributed by atoms with Gasteiger partial charge in [0.05, 0.1) is 6.42 Å². The first kappa shape index (κ1) is 12.5. The van der Waals surface area contributed by atoms with Crippen molar-refractivity contribution >= 4 is 17.1 Å². The molecule has 1 aliphatic carbocycles. The monoisotopic (exact) mass is 277 g/mol. The fourth-order valence-electron chi connectivity index (χ4n) is 2.31. The Hall–Kier alpha value is -1.56. The number of thiazole rings is 1. The standard InChI is InChI=1S/C13H15N3O2S/c1-8-7-19-12(14-8)6-11-15-13(18-16-11)9-2-4-10(17)5-3-9/h7,9H,2-6H2,1H3. The topological polar surface area (TPSA) is 68.9 Å². The number of rotatable bonds is 3. The van der Waals surface area contributed by atoms with Crippen LogP contribution in [0.15, 0.2) is 9.90 Å². The van der Waals surface area contributed by atoms with E-state index in [1.54, 1.807) is 11.3 Å². The highest BCUT2D eigenvalue weighted by Crippen LogP contribution is 2.30. The van der Waals surface area contributed by atoms with Crippen molar-refractivity contribution in [1.82, 2.24) is 15.1 Å². The number of hydrogen-bond donors (Lipinski definition) is 0. The summed E-state index contributed by atoms with van der Waals surface area (Å²) < 4.78 is 5.32. The fraction of sp³-hybridized carbons (Fsp3) is 0.538. The Bertz CT molecular complexity index is 580. The van der Waals surface area contributed by atoms with Crippen molar-refractivity contribution in [2.24, 2.45) is 0 Å². The first-order chi connectivity index (χ1) is 9.20. The van der Waals surface area contributed by atoms with Crippen LogP contribution in [0.25, 0.3) is 0 Å². The van der Waals surface area contributed by atoms with Gasteiger partial charge in [-0.05, 0) is 19.8 Å². The lowest BCUT2D eigenvalue weighted by molar-refractivity contribution is -0.120. The minimum atomic E-state index is 0.247. The fourth-order valence-corrected chi connectivity index (χ4v) is 3.08. The maximum Gasteiger partial charge on any atom is 0.229 e. The second kappa shape index (κ2) is 5.21. The lowest BCUT2D eigenvalue weighted by atomic mass is 9.88. The number of carbonyl (C=O) groups excluding carboxylic acids is 1. The second-order valence-corrected chi connectivity index (χ2v) is 5.86. The van der Waals surface area contributed by atoms with Gasteiger partial charge < -0.3 is 4.52 Å². The minimum Gasteiger partial charge on any atom is -0.339 e. The van der Waals surface area contributed by atoms with E-state index in [0.29, 0.717) is 36.8 Å². The number of Topliss-reactive ketones (excluding diaryl/α,β-unsaturated/α-hetero) is 1. The van der Waals surface area contributed by atoms with Crippen molar-refractivity contribution in [3.8, 4) is 0 Å². The van der Waals surface area contributed by atoms with Crippen LogP contribution in [-0.4, -0.2) is 20.9 Å². The molecule has 0 spiro atoms. The maximum absolute atomic E-state index is 11.2. The molecule has 0 aliphatic heterocycles. The quantitative estimate of drug-likeness (QED) is 0.862. The number of nitrogens with zero attached hydrogens (tertiary/aromatic N) is 3. The predicted molar refractivity (Wildman–Crippen MR) is 70.2 cm³/mol. The van der Waals surface area contributed by atoms with E-state index in [9.17, 15) is 4.79 Å². The zero-order chi connectivity index (χ0) is 13.2. The third-order valence-corrected chi connectivity index (χ3v) is 4.32. The molecule has 2 heterocycles. The minimum absolute atomic E-state index is 0.247. The molecule has 19 heavy (non-hydrogen) atoms. The molecule has 0 amide bonds. The van der Waals surface area contributed by atoms with Crippen molar-refractivity contribution < 1.29 is 9.32 Å². The van der Waals surface area contributed by atoms with E-state index in [-0.39, 0.29) is 5.92 Å². The van der Waals surface area contributed by atoms with E-state index in [4.69, 9.17) is 4.52 Å². The number of hydrogen-bond acceptors (Lipinski definition) is 6. The summed E-state index contributed by atoms with van der Waals surface area (Å²) in [6.07, 6.45) is 3.55. The zero-order valence-electron chi connectivity index (χ0n) is 10.8. The molecule has 0 N–H and O–H groups in total. The molecule has 1 fully saturated rings. The molecular weight excluding hydrogens is 262 g/mol. The van der Waals surface area contributed by atoms with Gasteiger partial charge >= 0.3 is 0 Å². The van der Waals surface area contributed by atoms with Crippen molar-refractivity contribution in [2.45, 2.75) is 44.9 Å². The predicted octanol–water partition coefficient (Wildman–Crippen LogP) is 2.65. The molecule has 3 rings (SSSR count). The summed E-state index contributed by atoms with van der Waals surface area (Å²) in [6, 6.07) is 0. The van der Waals surface area contributed by atoms with Gasteiger partial charge in [-0.25, -0.2) is 4.98 Å². The van der Waals surface area contributed by atoms with Crippen LogP contribution >= 0.6 is 11.3 Å². The Balaban J connectivity index is 1.67. The summed E-state index contributed by atoms with van der Waals surface area (Å²) in [6.45, 7) is 1.97. The van der Waals surface area contributed by atoms with Crippen LogP contribution in [-0.2, 0) is 11.2 Å². The summed E-state index contributed by atoms with van der Waals surface area (Å²) in [7, 11) is 0.